The van der Waals surface area contributed by atoms with Crippen LogP contribution < -0.4 is 15.4 Å². The SMILES string of the molecule is CCCOc1ccc2c(c1)[C@@H]1C[C@H]2OC/C=C\CCCCC(=O)N[C@@H](Cc2cc(F)cc(F)c2)[C@H](O)CN1. The summed E-state index contributed by atoms with van der Waals surface area (Å²) < 4.78 is 39.7. The second kappa shape index (κ2) is 13.8. The van der Waals surface area contributed by atoms with Crippen molar-refractivity contribution in [2.24, 2.45) is 0 Å². The van der Waals surface area contributed by atoms with E-state index in [1.54, 1.807) is 0 Å². The topological polar surface area (TPSA) is 79.8 Å². The second-order valence-electron chi connectivity index (χ2n) is 10.1. The number of carbonyl (C=O) groups excluding carboxylic acids is 1. The monoisotopic (exact) mass is 528 g/mol. The molecule has 1 amide bonds. The first-order valence-corrected chi connectivity index (χ1v) is 13.6. The Morgan fingerprint density at radius 3 is 2.68 bits per heavy atom. The van der Waals surface area contributed by atoms with Crippen molar-refractivity contribution in [3.05, 3.63) is 76.9 Å². The number of benzene rings is 2. The summed E-state index contributed by atoms with van der Waals surface area (Å²) in [7, 11) is 0. The van der Waals surface area contributed by atoms with Crippen LogP contribution in [0, 0.1) is 11.6 Å². The molecule has 4 atom stereocenters. The summed E-state index contributed by atoms with van der Waals surface area (Å²) in [6, 6.07) is 8.53. The van der Waals surface area contributed by atoms with Crippen molar-refractivity contribution in [2.45, 2.75) is 76.2 Å². The van der Waals surface area contributed by atoms with Gasteiger partial charge >= 0.3 is 0 Å². The van der Waals surface area contributed by atoms with Crippen molar-refractivity contribution >= 4 is 5.91 Å². The summed E-state index contributed by atoms with van der Waals surface area (Å²) >= 11 is 0. The van der Waals surface area contributed by atoms with Crippen LogP contribution in [0.25, 0.3) is 0 Å². The minimum absolute atomic E-state index is 0.0857. The van der Waals surface area contributed by atoms with E-state index in [9.17, 15) is 18.7 Å². The number of carbonyl (C=O) groups is 1. The minimum atomic E-state index is -0.981. The largest absolute Gasteiger partial charge is 0.494 e. The third-order valence-electron chi connectivity index (χ3n) is 7.05. The second-order valence-corrected chi connectivity index (χ2v) is 10.1. The van der Waals surface area contributed by atoms with Crippen LogP contribution in [0.4, 0.5) is 8.78 Å². The van der Waals surface area contributed by atoms with Gasteiger partial charge < -0.3 is 25.2 Å². The Morgan fingerprint density at radius 2 is 1.89 bits per heavy atom. The van der Waals surface area contributed by atoms with Crippen LogP contribution in [0.5, 0.6) is 5.75 Å². The molecule has 0 saturated heterocycles. The Balaban J connectivity index is 1.55. The van der Waals surface area contributed by atoms with Crippen molar-refractivity contribution in [1.29, 1.82) is 0 Å². The normalized spacial score (nSPS) is 25.7. The fraction of sp³-hybridized carbons (Fsp3) is 0.500. The van der Waals surface area contributed by atoms with E-state index < -0.39 is 23.8 Å². The van der Waals surface area contributed by atoms with E-state index in [2.05, 4.69) is 23.6 Å². The predicted molar refractivity (Wildman–Crippen MR) is 142 cm³/mol. The molecule has 2 aliphatic rings. The molecule has 4 rings (SSSR count). The van der Waals surface area contributed by atoms with Gasteiger partial charge in [0.05, 0.1) is 31.5 Å². The van der Waals surface area contributed by atoms with E-state index in [-0.39, 0.29) is 31.0 Å². The molecule has 1 heterocycles. The summed E-state index contributed by atoms with van der Waals surface area (Å²) in [6.45, 7) is 3.37. The molecule has 0 radical (unpaired) electrons. The molecule has 2 bridgehead atoms. The Hall–Kier alpha value is -2.81. The van der Waals surface area contributed by atoms with Gasteiger partial charge in [-0.05, 0) is 79.5 Å². The summed E-state index contributed by atoms with van der Waals surface area (Å²) in [5.41, 5.74) is 2.53. The molecule has 8 heteroatoms. The predicted octanol–water partition coefficient (Wildman–Crippen LogP) is 5.06. The Kier molecular flexibility index (Phi) is 10.3. The fourth-order valence-corrected chi connectivity index (χ4v) is 5.13. The Morgan fingerprint density at radius 1 is 1.08 bits per heavy atom. The quantitative estimate of drug-likeness (QED) is 0.473. The number of halogens is 2. The molecule has 1 aliphatic heterocycles. The first kappa shape index (κ1) is 28.2. The van der Waals surface area contributed by atoms with Gasteiger partial charge in [0.1, 0.15) is 17.4 Å². The van der Waals surface area contributed by atoms with Crippen molar-refractivity contribution in [3.8, 4) is 5.75 Å². The molecule has 38 heavy (non-hydrogen) atoms. The molecular weight excluding hydrogens is 490 g/mol. The third-order valence-corrected chi connectivity index (χ3v) is 7.05. The fourth-order valence-electron chi connectivity index (χ4n) is 5.13. The highest BCUT2D eigenvalue weighted by Gasteiger charge is 2.33. The first-order valence-electron chi connectivity index (χ1n) is 13.6. The van der Waals surface area contributed by atoms with Gasteiger partial charge in [0.2, 0.25) is 5.91 Å². The van der Waals surface area contributed by atoms with Gasteiger partial charge in [-0.25, -0.2) is 8.78 Å². The Labute approximate surface area is 223 Å². The summed E-state index contributed by atoms with van der Waals surface area (Å²) in [4.78, 5) is 12.7. The van der Waals surface area contributed by atoms with Crippen molar-refractivity contribution < 1.29 is 28.2 Å². The molecule has 206 valence electrons. The molecule has 0 saturated carbocycles. The lowest BCUT2D eigenvalue weighted by Crippen LogP contribution is -2.49. The smallest absolute Gasteiger partial charge is 0.220 e. The van der Waals surface area contributed by atoms with Gasteiger partial charge in [-0.3, -0.25) is 4.79 Å². The highest BCUT2D eigenvalue weighted by Crippen LogP contribution is 2.42. The zero-order valence-electron chi connectivity index (χ0n) is 21.9. The maximum Gasteiger partial charge on any atom is 0.220 e. The maximum absolute atomic E-state index is 13.8. The maximum atomic E-state index is 13.8. The Bertz CT molecular complexity index is 1090. The molecular formula is C30H38F2N2O4. The van der Waals surface area contributed by atoms with Crippen LogP contribution in [0.15, 0.2) is 48.6 Å². The number of hydrogen-bond acceptors (Lipinski definition) is 5. The van der Waals surface area contributed by atoms with Crippen molar-refractivity contribution in [1.82, 2.24) is 10.6 Å². The number of fused-ring (bicyclic) bond motifs is 5. The molecule has 0 spiro atoms. The van der Waals surface area contributed by atoms with Gasteiger partial charge in [-0.15, -0.1) is 0 Å². The van der Waals surface area contributed by atoms with Gasteiger partial charge in [0.25, 0.3) is 0 Å². The number of nitrogens with one attached hydrogen (secondary N) is 2. The van der Waals surface area contributed by atoms with Gasteiger partial charge in [0.15, 0.2) is 0 Å². The van der Waals surface area contributed by atoms with Crippen molar-refractivity contribution in [3.63, 3.8) is 0 Å². The molecule has 1 aliphatic carbocycles. The zero-order valence-corrected chi connectivity index (χ0v) is 21.9. The van der Waals surface area contributed by atoms with E-state index >= 15 is 0 Å². The molecule has 2 aromatic rings. The minimum Gasteiger partial charge on any atom is -0.494 e. The number of hydrogen-bond donors (Lipinski definition) is 3. The van der Waals surface area contributed by atoms with Crippen molar-refractivity contribution in [2.75, 3.05) is 19.8 Å². The number of amides is 1. The molecule has 2 aromatic carbocycles. The van der Waals surface area contributed by atoms with Gasteiger partial charge in [0, 0.05) is 25.1 Å². The van der Waals surface area contributed by atoms with E-state index in [4.69, 9.17) is 9.47 Å². The zero-order chi connectivity index (χ0) is 26.9. The van der Waals surface area contributed by atoms with E-state index in [0.717, 1.165) is 42.2 Å². The molecule has 6 nitrogen and oxygen atoms in total. The van der Waals surface area contributed by atoms with E-state index in [0.29, 0.717) is 38.0 Å². The summed E-state index contributed by atoms with van der Waals surface area (Å²) in [6.07, 6.45) is 7.45. The summed E-state index contributed by atoms with van der Waals surface area (Å²) in [5, 5.41) is 17.5. The van der Waals surface area contributed by atoms with Gasteiger partial charge in [-0.1, -0.05) is 25.1 Å². The standard InChI is InChI=1S/C30H38F2N2O4/c1-2-11-37-23-9-10-24-25(17-23)26-18-29(24)38-12-7-5-3-4-6-8-30(36)34-27(28(35)19-33-26)15-20-13-21(31)16-22(32)14-20/h5,7,9-10,13-14,16-17,26-29,33,35H,2-4,6,8,11-12,15,18-19H2,1H3,(H,34,36)/b7-5-/t26-,27-,28+,29+/m0/s1. The molecule has 3 N–H and O–H groups in total. The van der Waals surface area contributed by atoms with Crippen LogP contribution in [-0.4, -0.2) is 42.9 Å². The number of aliphatic hydroxyl groups excluding tert-OH is 1. The first-order chi connectivity index (χ1) is 18.4. The lowest BCUT2D eigenvalue weighted by molar-refractivity contribution is -0.122. The molecule has 0 fully saturated rings. The van der Waals surface area contributed by atoms with Crippen LogP contribution in [0.1, 0.15) is 74.3 Å². The number of allylic oxidation sites excluding steroid dienone is 1. The average molecular weight is 529 g/mol. The number of rotatable bonds is 5. The lowest BCUT2D eigenvalue weighted by Gasteiger charge is -2.26. The van der Waals surface area contributed by atoms with E-state index in [1.807, 2.05) is 24.3 Å². The molecule has 0 aromatic heterocycles. The van der Waals surface area contributed by atoms with Crippen LogP contribution >= 0.6 is 0 Å². The highest BCUT2D eigenvalue weighted by molar-refractivity contribution is 5.76. The summed E-state index contributed by atoms with van der Waals surface area (Å²) in [5.74, 6) is -0.776. The van der Waals surface area contributed by atoms with Gasteiger partial charge in [-0.2, -0.15) is 0 Å². The number of β-amino-alcohol motifs (C(OH)–C–C–N with tert-alkyl or cyclic N) is 1. The third kappa shape index (κ3) is 7.85. The highest BCUT2D eigenvalue weighted by atomic mass is 19.1. The average Bonchev–Trinajstić information content (AvgIpc) is 3.22. The van der Waals surface area contributed by atoms with Crippen LogP contribution in [0.2, 0.25) is 0 Å². The molecule has 0 unspecified atom stereocenters. The number of ether oxygens (including phenoxy) is 2. The van der Waals surface area contributed by atoms with Crippen LogP contribution in [-0.2, 0) is 16.0 Å². The van der Waals surface area contributed by atoms with Crippen LogP contribution in [0.3, 0.4) is 0 Å². The van der Waals surface area contributed by atoms with E-state index in [1.165, 1.54) is 12.1 Å². The number of aliphatic hydroxyl groups is 1. The lowest BCUT2D eigenvalue weighted by atomic mass is 9.99.